The predicted molar refractivity (Wildman–Crippen MR) is 72.4 cm³/mol. The molecule has 0 aromatic heterocycles. The Morgan fingerprint density at radius 2 is 1.50 bits per heavy atom. The van der Waals surface area contributed by atoms with Gasteiger partial charge in [-0.3, -0.25) is 0 Å². The van der Waals surface area contributed by atoms with E-state index < -0.39 is 35.1 Å². The van der Waals surface area contributed by atoms with Crippen LogP contribution in [0.1, 0.15) is 10.4 Å². The lowest BCUT2D eigenvalue weighted by atomic mass is 10.2. The number of hydrogen-bond donors (Lipinski definition) is 3. The SMILES string of the molecule is O=C(Nc1ccc(C(=O)O)cc1)Nc1ccc(F)c(F)c1F. The monoisotopic (exact) mass is 310 g/mol. The summed E-state index contributed by atoms with van der Waals surface area (Å²) in [6.07, 6.45) is 0. The van der Waals surface area contributed by atoms with Crippen LogP contribution in [0.3, 0.4) is 0 Å². The lowest BCUT2D eigenvalue weighted by Gasteiger charge is -2.09. The lowest BCUT2D eigenvalue weighted by Crippen LogP contribution is -2.20. The van der Waals surface area contributed by atoms with Crippen molar-refractivity contribution in [1.82, 2.24) is 0 Å². The van der Waals surface area contributed by atoms with Gasteiger partial charge in [0.2, 0.25) is 0 Å². The van der Waals surface area contributed by atoms with Crippen LogP contribution < -0.4 is 10.6 Å². The van der Waals surface area contributed by atoms with Gasteiger partial charge in [-0.1, -0.05) is 0 Å². The molecule has 0 aliphatic heterocycles. The van der Waals surface area contributed by atoms with Gasteiger partial charge in [0.25, 0.3) is 0 Å². The Bertz CT molecular complexity index is 733. The second kappa shape index (κ2) is 6.17. The van der Waals surface area contributed by atoms with Crippen LogP contribution in [-0.4, -0.2) is 17.1 Å². The third-order valence-corrected chi connectivity index (χ3v) is 2.67. The topological polar surface area (TPSA) is 78.4 Å². The van der Waals surface area contributed by atoms with Crippen LogP contribution in [0.4, 0.5) is 29.3 Å². The van der Waals surface area contributed by atoms with Gasteiger partial charge in [0.15, 0.2) is 17.5 Å². The van der Waals surface area contributed by atoms with Crippen LogP contribution in [0.25, 0.3) is 0 Å². The van der Waals surface area contributed by atoms with E-state index in [0.29, 0.717) is 6.07 Å². The van der Waals surface area contributed by atoms with Crippen LogP contribution in [0.2, 0.25) is 0 Å². The highest BCUT2D eigenvalue weighted by Crippen LogP contribution is 2.20. The standard InChI is InChI=1S/C14H9F3N2O3/c15-9-5-6-10(12(17)11(9)16)19-14(22)18-8-3-1-7(2-4-8)13(20)21/h1-6H,(H,20,21)(H2,18,19,22). The van der Waals surface area contributed by atoms with E-state index >= 15 is 0 Å². The van der Waals surface area contributed by atoms with Gasteiger partial charge in [0.1, 0.15) is 0 Å². The number of benzene rings is 2. The third kappa shape index (κ3) is 3.35. The molecule has 0 aliphatic rings. The number of rotatable bonds is 3. The molecule has 0 fully saturated rings. The number of urea groups is 1. The number of amides is 2. The molecule has 114 valence electrons. The number of hydrogen-bond acceptors (Lipinski definition) is 2. The van der Waals surface area contributed by atoms with Crippen molar-refractivity contribution in [1.29, 1.82) is 0 Å². The van der Waals surface area contributed by atoms with Crippen molar-refractivity contribution in [2.75, 3.05) is 10.6 Å². The van der Waals surface area contributed by atoms with E-state index in [9.17, 15) is 22.8 Å². The molecule has 0 radical (unpaired) electrons. The number of nitrogens with one attached hydrogen (secondary N) is 2. The first-order chi connectivity index (χ1) is 10.4. The van der Waals surface area contributed by atoms with Gasteiger partial charge >= 0.3 is 12.0 Å². The average Bonchev–Trinajstić information content (AvgIpc) is 2.48. The molecule has 2 aromatic rings. The zero-order chi connectivity index (χ0) is 16.3. The number of carboxylic acids is 1. The first kappa shape index (κ1) is 15.4. The van der Waals surface area contributed by atoms with E-state index in [-0.39, 0.29) is 11.3 Å². The maximum Gasteiger partial charge on any atom is 0.335 e. The Labute approximate surface area is 122 Å². The van der Waals surface area contributed by atoms with Gasteiger partial charge in [-0.15, -0.1) is 0 Å². The van der Waals surface area contributed by atoms with E-state index in [4.69, 9.17) is 5.11 Å². The van der Waals surface area contributed by atoms with Gasteiger partial charge in [0, 0.05) is 5.69 Å². The summed E-state index contributed by atoms with van der Waals surface area (Å²) < 4.78 is 39.1. The quantitative estimate of drug-likeness (QED) is 0.760. The third-order valence-electron chi connectivity index (χ3n) is 2.67. The summed E-state index contributed by atoms with van der Waals surface area (Å²) in [6, 6.07) is 5.82. The fraction of sp³-hybridized carbons (Fsp3) is 0. The van der Waals surface area contributed by atoms with Crippen LogP contribution in [0, 0.1) is 17.5 Å². The summed E-state index contributed by atoms with van der Waals surface area (Å²) in [6.45, 7) is 0. The number of carboxylic acid groups (broad SMARTS) is 1. The van der Waals surface area contributed by atoms with Gasteiger partial charge in [0.05, 0.1) is 11.3 Å². The Morgan fingerprint density at radius 1 is 0.864 bits per heavy atom. The summed E-state index contributed by atoms with van der Waals surface area (Å²) in [5.41, 5.74) is -0.262. The van der Waals surface area contributed by atoms with Crippen LogP contribution >= 0.6 is 0 Å². The number of anilines is 2. The van der Waals surface area contributed by atoms with Crippen LogP contribution in [0.15, 0.2) is 36.4 Å². The van der Waals surface area contributed by atoms with Crippen molar-refractivity contribution in [3.8, 4) is 0 Å². The number of carbonyl (C=O) groups is 2. The smallest absolute Gasteiger partial charge is 0.335 e. The largest absolute Gasteiger partial charge is 0.478 e. The van der Waals surface area contributed by atoms with Crippen molar-refractivity contribution in [3.63, 3.8) is 0 Å². The molecular formula is C14H9F3N2O3. The molecule has 0 aliphatic carbocycles. The van der Waals surface area contributed by atoms with E-state index in [2.05, 4.69) is 5.32 Å². The molecule has 5 nitrogen and oxygen atoms in total. The molecule has 0 heterocycles. The fourth-order valence-corrected chi connectivity index (χ4v) is 1.60. The zero-order valence-corrected chi connectivity index (χ0v) is 10.9. The summed E-state index contributed by atoms with van der Waals surface area (Å²) in [4.78, 5) is 22.3. The normalized spacial score (nSPS) is 10.1. The molecule has 8 heteroatoms. The first-order valence-electron chi connectivity index (χ1n) is 5.93. The molecule has 2 amide bonds. The van der Waals surface area contributed by atoms with Crippen molar-refractivity contribution in [2.24, 2.45) is 0 Å². The Hall–Kier alpha value is -3.03. The number of aromatic carboxylic acids is 1. The Kier molecular flexibility index (Phi) is 4.31. The maximum absolute atomic E-state index is 13.4. The van der Waals surface area contributed by atoms with Crippen molar-refractivity contribution < 1.29 is 27.9 Å². The molecule has 2 aromatic carbocycles. The lowest BCUT2D eigenvalue weighted by molar-refractivity contribution is 0.0697. The molecule has 0 saturated carbocycles. The average molecular weight is 310 g/mol. The molecule has 0 atom stereocenters. The summed E-state index contributed by atoms with van der Waals surface area (Å²) in [5.74, 6) is -5.70. The highest BCUT2D eigenvalue weighted by Gasteiger charge is 2.15. The molecule has 0 unspecified atom stereocenters. The minimum atomic E-state index is -1.69. The minimum absolute atomic E-state index is 0.0256. The second-order valence-electron chi connectivity index (χ2n) is 4.18. The molecule has 0 bridgehead atoms. The van der Waals surface area contributed by atoms with E-state index in [1.165, 1.54) is 24.3 Å². The van der Waals surface area contributed by atoms with Crippen molar-refractivity contribution in [2.45, 2.75) is 0 Å². The van der Waals surface area contributed by atoms with Gasteiger partial charge < -0.3 is 15.7 Å². The summed E-state index contributed by atoms with van der Waals surface area (Å²) >= 11 is 0. The van der Waals surface area contributed by atoms with Crippen LogP contribution in [0.5, 0.6) is 0 Å². The summed E-state index contributed by atoms with van der Waals surface area (Å²) in [5, 5.41) is 13.0. The Morgan fingerprint density at radius 3 is 2.09 bits per heavy atom. The van der Waals surface area contributed by atoms with Crippen LogP contribution in [-0.2, 0) is 0 Å². The first-order valence-corrected chi connectivity index (χ1v) is 5.93. The molecule has 0 spiro atoms. The number of halogens is 3. The van der Waals surface area contributed by atoms with Crippen molar-refractivity contribution >= 4 is 23.4 Å². The van der Waals surface area contributed by atoms with E-state index in [1.54, 1.807) is 0 Å². The van der Waals surface area contributed by atoms with Gasteiger partial charge in [-0.2, -0.15) is 0 Å². The highest BCUT2D eigenvalue weighted by atomic mass is 19.2. The molecule has 3 N–H and O–H groups in total. The fourth-order valence-electron chi connectivity index (χ4n) is 1.60. The van der Waals surface area contributed by atoms with Crippen molar-refractivity contribution in [3.05, 3.63) is 59.4 Å². The Balaban J connectivity index is 2.07. The molecule has 2 rings (SSSR count). The maximum atomic E-state index is 13.4. The summed E-state index contributed by atoms with van der Waals surface area (Å²) in [7, 11) is 0. The van der Waals surface area contributed by atoms with Gasteiger partial charge in [-0.25, -0.2) is 22.8 Å². The van der Waals surface area contributed by atoms with E-state index in [1.807, 2.05) is 5.32 Å². The zero-order valence-electron chi connectivity index (χ0n) is 10.9. The van der Waals surface area contributed by atoms with Gasteiger partial charge in [-0.05, 0) is 36.4 Å². The highest BCUT2D eigenvalue weighted by molar-refractivity contribution is 6.00. The number of carbonyl (C=O) groups excluding carboxylic acids is 1. The molecule has 22 heavy (non-hydrogen) atoms. The minimum Gasteiger partial charge on any atom is -0.478 e. The predicted octanol–water partition coefficient (Wildman–Crippen LogP) is 3.45. The second-order valence-corrected chi connectivity index (χ2v) is 4.18. The van der Waals surface area contributed by atoms with E-state index in [0.717, 1.165) is 6.07 Å². The molecule has 0 saturated heterocycles. The molecular weight excluding hydrogens is 301 g/mol.